The predicted octanol–water partition coefficient (Wildman–Crippen LogP) is 4.92. The number of halogens is 2. The third-order valence-electron chi connectivity index (χ3n) is 5.03. The number of hydrogen-bond acceptors (Lipinski definition) is 4. The lowest BCUT2D eigenvalue weighted by Gasteiger charge is -2.09. The highest BCUT2D eigenvalue weighted by Gasteiger charge is 2.16. The number of fused-ring (bicyclic) bond motifs is 1. The lowest BCUT2D eigenvalue weighted by atomic mass is 10.1. The number of rotatable bonds is 6. The number of aryl methyl sites for hydroxylation is 1. The average Bonchev–Trinajstić information content (AvgIpc) is 3.01. The largest absolute Gasteiger partial charge is 0.435 e. The Labute approximate surface area is 178 Å². The summed E-state index contributed by atoms with van der Waals surface area (Å²) in [5, 5.41) is 11.5. The van der Waals surface area contributed by atoms with E-state index in [0.717, 1.165) is 43.0 Å². The van der Waals surface area contributed by atoms with Crippen LogP contribution in [0.2, 0.25) is 0 Å². The first-order valence-corrected chi connectivity index (χ1v) is 10.1. The maximum Gasteiger partial charge on any atom is 0.387 e. The Bertz CT molecular complexity index is 1080. The van der Waals surface area contributed by atoms with Gasteiger partial charge in [0.05, 0.1) is 0 Å². The monoisotopic (exact) mass is 424 g/mol. The quantitative estimate of drug-likeness (QED) is 0.570. The van der Waals surface area contributed by atoms with E-state index >= 15 is 0 Å². The molecule has 1 amide bonds. The molecule has 0 fully saturated rings. The molecule has 1 aromatic heterocycles. The van der Waals surface area contributed by atoms with E-state index in [2.05, 4.69) is 24.8 Å². The Kier molecular flexibility index (Phi) is 6.35. The van der Waals surface area contributed by atoms with Crippen molar-refractivity contribution in [2.24, 2.45) is 0 Å². The van der Waals surface area contributed by atoms with Crippen LogP contribution in [-0.2, 0) is 17.8 Å². The minimum Gasteiger partial charge on any atom is -0.435 e. The number of hydrogen-bond donors (Lipinski definition) is 1. The fourth-order valence-electron chi connectivity index (χ4n) is 3.55. The molecule has 0 saturated heterocycles. The molecule has 0 unspecified atom stereocenters. The molecular weight excluding hydrogens is 402 g/mol. The number of amides is 1. The maximum atomic E-state index is 12.3. The smallest absolute Gasteiger partial charge is 0.387 e. The third kappa shape index (κ3) is 5.33. The molecule has 0 saturated carbocycles. The molecule has 0 aliphatic carbocycles. The molecule has 0 radical (unpaired) electrons. The van der Waals surface area contributed by atoms with E-state index in [1.807, 2.05) is 24.3 Å². The van der Waals surface area contributed by atoms with Gasteiger partial charge in [-0.05, 0) is 48.7 Å². The lowest BCUT2D eigenvalue weighted by Crippen LogP contribution is -2.08. The van der Waals surface area contributed by atoms with Gasteiger partial charge in [0.15, 0.2) is 5.82 Å². The fourth-order valence-corrected chi connectivity index (χ4v) is 3.55. The van der Waals surface area contributed by atoms with Crippen LogP contribution in [0.3, 0.4) is 0 Å². The molecule has 0 atom stereocenters. The Balaban J connectivity index is 1.43. The van der Waals surface area contributed by atoms with E-state index in [9.17, 15) is 13.6 Å². The number of carbonyl (C=O) groups excluding carboxylic acids is 1. The van der Waals surface area contributed by atoms with Gasteiger partial charge in [0.1, 0.15) is 11.6 Å². The maximum absolute atomic E-state index is 12.3. The molecule has 0 spiro atoms. The van der Waals surface area contributed by atoms with Gasteiger partial charge in [-0.15, -0.1) is 10.2 Å². The second kappa shape index (κ2) is 9.51. The van der Waals surface area contributed by atoms with Crippen molar-refractivity contribution in [2.45, 2.75) is 38.8 Å². The van der Waals surface area contributed by atoms with Gasteiger partial charge in [0, 0.05) is 30.3 Å². The molecule has 160 valence electrons. The minimum absolute atomic E-state index is 0.0692. The van der Waals surface area contributed by atoms with Crippen LogP contribution in [0.25, 0.3) is 17.5 Å². The van der Waals surface area contributed by atoms with Crippen LogP contribution in [0.1, 0.15) is 30.7 Å². The Morgan fingerprint density at radius 3 is 2.74 bits per heavy atom. The van der Waals surface area contributed by atoms with Gasteiger partial charge < -0.3 is 14.6 Å². The van der Waals surface area contributed by atoms with E-state index < -0.39 is 6.61 Å². The first-order valence-electron chi connectivity index (χ1n) is 10.1. The highest BCUT2D eigenvalue weighted by atomic mass is 19.3. The molecule has 3 aromatic rings. The second-order valence-electron chi connectivity index (χ2n) is 7.25. The van der Waals surface area contributed by atoms with Crippen LogP contribution in [0.15, 0.2) is 54.6 Å². The molecule has 0 bridgehead atoms. The van der Waals surface area contributed by atoms with Gasteiger partial charge >= 0.3 is 6.61 Å². The lowest BCUT2D eigenvalue weighted by molar-refractivity contribution is -0.111. The molecular formula is C23H22F2N4O2. The summed E-state index contributed by atoms with van der Waals surface area (Å²) >= 11 is 0. The third-order valence-corrected chi connectivity index (χ3v) is 5.03. The van der Waals surface area contributed by atoms with Crippen LogP contribution < -0.4 is 10.1 Å². The Hall–Kier alpha value is -3.55. The van der Waals surface area contributed by atoms with Crippen molar-refractivity contribution in [2.75, 3.05) is 5.32 Å². The summed E-state index contributed by atoms with van der Waals surface area (Å²) < 4.78 is 30.9. The summed E-state index contributed by atoms with van der Waals surface area (Å²) in [4.78, 5) is 12.3. The molecule has 2 heterocycles. The van der Waals surface area contributed by atoms with Crippen molar-refractivity contribution < 1.29 is 18.3 Å². The van der Waals surface area contributed by atoms with Gasteiger partial charge in [-0.2, -0.15) is 8.78 Å². The van der Waals surface area contributed by atoms with Crippen molar-refractivity contribution in [3.8, 4) is 17.1 Å². The van der Waals surface area contributed by atoms with E-state index in [-0.39, 0.29) is 11.7 Å². The van der Waals surface area contributed by atoms with E-state index in [1.54, 1.807) is 18.2 Å². The van der Waals surface area contributed by atoms with Gasteiger partial charge in [-0.1, -0.05) is 30.7 Å². The molecule has 8 heteroatoms. The number of nitrogens with zero attached hydrogens (tertiary/aromatic N) is 3. The summed E-state index contributed by atoms with van der Waals surface area (Å²) in [6, 6.07) is 13.6. The normalized spacial score (nSPS) is 13.8. The first-order chi connectivity index (χ1) is 15.1. The molecule has 1 aliphatic heterocycles. The van der Waals surface area contributed by atoms with Crippen molar-refractivity contribution >= 4 is 17.7 Å². The highest BCUT2D eigenvalue weighted by molar-refractivity contribution is 6.02. The molecule has 1 N–H and O–H groups in total. The zero-order valence-corrected chi connectivity index (χ0v) is 16.8. The topological polar surface area (TPSA) is 69.0 Å². The zero-order valence-electron chi connectivity index (χ0n) is 16.8. The van der Waals surface area contributed by atoms with Crippen LogP contribution in [0, 0.1) is 0 Å². The SMILES string of the molecule is O=C(/C=C/c1ccc(OC(F)F)cc1)Nc1cccc(-c2nnc3n2CCCCC3)c1. The van der Waals surface area contributed by atoms with E-state index in [4.69, 9.17) is 0 Å². The van der Waals surface area contributed by atoms with Crippen LogP contribution >= 0.6 is 0 Å². The van der Waals surface area contributed by atoms with E-state index in [0.29, 0.717) is 11.3 Å². The van der Waals surface area contributed by atoms with Crippen molar-refractivity contribution in [3.63, 3.8) is 0 Å². The molecule has 1 aliphatic rings. The second-order valence-corrected chi connectivity index (χ2v) is 7.25. The number of anilines is 1. The molecule has 6 nitrogen and oxygen atoms in total. The van der Waals surface area contributed by atoms with Crippen molar-refractivity contribution in [1.82, 2.24) is 14.8 Å². The Morgan fingerprint density at radius 2 is 1.94 bits per heavy atom. The highest BCUT2D eigenvalue weighted by Crippen LogP contribution is 2.25. The summed E-state index contributed by atoms with van der Waals surface area (Å²) in [5.41, 5.74) is 2.24. The number of benzene rings is 2. The first kappa shape index (κ1) is 20.7. The summed E-state index contributed by atoms with van der Waals surface area (Å²) in [6.45, 7) is -1.96. The molecule has 4 rings (SSSR count). The van der Waals surface area contributed by atoms with E-state index in [1.165, 1.54) is 24.6 Å². The molecule has 2 aromatic carbocycles. The zero-order chi connectivity index (χ0) is 21.6. The number of aromatic nitrogens is 3. The Morgan fingerprint density at radius 1 is 1.10 bits per heavy atom. The van der Waals surface area contributed by atoms with Gasteiger partial charge in [0.25, 0.3) is 0 Å². The van der Waals surface area contributed by atoms with Gasteiger partial charge in [-0.25, -0.2) is 0 Å². The van der Waals surface area contributed by atoms with Crippen molar-refractivity contribution in [3.05, 3.63) is 66.0 Å². The fraction of sp³-hybridized carbons (Fsp3) is 0.261. The average molecular weight is 424 g/mol. The van der Waals surface area contributed by atoms with Gasteiger partial charge in [-0.3, -0.25) is 4.79 Å². The standard InChI is InChI=1S/C23H22F2N4O2/c24-23(25)31-19-11-8-16(9-12-19)10-13-21(30)26-18-6-4-5-17(15-18)22-28-27-20-7-2-1-3-14-29(20)22/h4-6,8-13,15,23H,1-3,7,14H2,(H,26,30)/b13-10+. The summed E-state index contributed by atoms with van der Waals surface area (Å²) in [6.07, 6.45) is 7.34. The number of carbonyl (C=O) groups is 1. The van der Waals surface area contributed by atoms with Crippen LogP contribution in [-0.4, -0.2) is 27.3 Å². The number of ether oxygens (including phenoxy) is 1. The molecule has 31 heavy (non-hydrogen) atoms. The summed E-state index contributed by atoms with van der Waals surface area (Å²) in [7, 11) is 0. The summed E-state index contributed by atoms with van der Waals surface area (Å²) in [5.74, 6) is 1.59. The van der Waals surface area contributed by atoms with Crippen LogP contribution in [0.5, 0.6) is 5.75 Å². The number of alkyl halides is 2. The van der Waals surface area contributed by atoms with Crippen LogP contribution in [0.4, 0.5) is 14.5 Å². The predicted molar refractivity (Wildman–Crippen MR) is 114 cm³/mol. The number of nitrogens with one attached hydrogen (secondary N) is 1. The minimum atomic E-state index is -2.87. The van der Waals surface area contributed by atoms with Gasteiger partial charge in [0.2, 0.25) is 5.91 Å². The van der Waals surface area contributed by atoms with Crippen molar-refractivity contribution in [1.29, 1.82) is 0 Å².